The van der Waals surface area contributed by atoms with Crippen molar-refractivity contribution in [2.24, 2.45) is 11.7 Å². The Kier molecular flexibility index (Phi) is 1.90. The van der Waals surface area contributed by atoms with Crippen molar-refractivity contribution in [3.8, 4) is 0 Å². The summed E-state index contributed by atoms with van der Waals surface area (Å²) in [6.45, 7) is 2.25. The maximum atomic E-state index is 6.05. The Morgan fingerprint density at radius 2 is 2.09 bits per heavy atom. The van der Waals surface area contributed by atoms with Crippen LogP contribution in [0.3, 0.4) is 0 Å². The van der Waals surface area contributed by atoms with E-state index in [9.17, 15) is 0 Å². The molecule has 0 aromatic heterocycles. The Balaban J connectivity index is 1.57. The normalized spacial score (nSPS) is 28.1. The van der Waals surface area contributed by atoms with Gasteiger partial charge in [-0.15, -0.1) is 0 Å². The highest BCUT2D eigenvalue weighted by Crippen LogP contribution is 2.30. The summed E-state index contributed by atoms with van der Waals surface area (Å²) < 4.78 is 0. The van der Waals surface area contributed by atoms with Gasteiger partial charge >= 0.3 is 0 Å². The predicted molar refractivity (Wildman–Crippen MR) is 46.4 cm³/mol. The van der Waals surface area contributed by atoms with Gasteiger partial charge in [0, 0.05) is 12.1 Å². The molecule has 64 valence electrons. The van der Waals surface area contributed by atoms with Crippen LogP contribution >= 0.6 is 0 Å². The van der Waals surface area contributed by atoms with E-state index in [-0.39, 0.29) is 5.54 Å². The Hall–Kier alpha value is -0.0800. The smallest absolute Gasteiger partial charge is 0.0280 e. The summed E-state index contributed by atoms with van der Waals surface area (Å²) in [4.78, 5) is 0. The second kappa shape index (κ2) is 2.76. The molecule has 0 atom stereocenters. The number of rotatable bonds is 4. The van der Waals surface area contributed by atoms with Gasteiger partial charge in [-0.1, -0.05) is 0 Å². The lowest BCUT2D eigenvalue weighted by atomic mass is 9.78. The summed E-state index contributed by atoms with van der Waals surface area (Å²) in [6, 6.07) is 0. The van der Waals surface area contributed by atoms with Gasteiger partial charge in [0.2, 0.25) is 0 Å². The first kappa shape index (κ1) is 7.56. The summed E-state index contributed by atoms with van der Waals surface area (Å²) in [5, 5.41) is 3.46. The number of hydrogen-bond acceptors (Lipinski definition) is 2. The van der Waals surface area contributed by atoms with Gasteiger partial charge in [-0.2, -0.15) is 0 Å². The Labute approximate surface area is 68.5 Å². The van der Waals surface area contributed by atoms with Crippen LogP contribution in [0, 0.1) is 5.92 Å². The summed E-state index contributed by atoms with van der Waals surface area (Å²) in [5.74, 6) is 0.985. The van der Waals surface area contributed by atoms with Crippen LogP contribution in [-0.4, -0.2) is 18.6 Å². The van der Waals surface area contributed by atoms with E-state index < -0.39 is 0 Å². The highest BCUT2D eigenvalue weighted by Gasteiger charge is 2.32. The molecule has 2 aliphatic rings. The molecular weight excluding hydrogens is 136 g/mol. The average molecular weight is 154 g/mol. The van der Waals surface area contributed by atoms with Crippen molar-refractivity contribution in [2.45, 2.75) is 37.6 Å². The molecule has 0 aromatic rings. The molecule has 0 radical (unpaired) electrons. The third kappa shape index (κ3) is 1.94. The van der Waals surface area contributed by atoms with Crippen molar-refractivity contribution in [1.82, 2.24) is 5.32 Å². The fourth-order valence-corrected chi connectivity index (χ4v) is 1.65. The van der Waals surface area contributed by atoms with Gasteiger partial charge in [0.1, 0.15) is 0 Å². The van der Waals surface area contributed by atoms with Crippen molar-refractivity contribution in [3.05, 3.63) is 0 Å². The lowest BCUT2D eigenvalue weighted by molar-refractivity contribution is 0.239. The number of nitrogens with one attached hydrogen (secondary N) is 1. The van der Waals surface area contributed by atoms with Gasteiger partial charge in [-0.05, 0) is 44.6 Å². The first-order valence-electron chi connectivity index (χ1n) is 4.78. The minimum atomic E-state index is 0.175. The topological polar surface area (TPSA) is 38.0 Å². The predicted octanol–water partition coefficient (Wildman–Crippen LogP) is 0.867. The van der Waals surface area contributed by atoms with Gasteiger partial charge in [-0.25, -0.2) is 0 Å². The SMILES string of the molecule is NC1(CNCC2CC2)CCC1. The van der Waals surface area contributed by atoms with Crippen molar-refractivity contribution >= 4 is 0 Å². The molecule has 2 aliphatic carbocycles. The minimum absolute atomic E-state index is 0.175. The maximum absolute atomic E-state index is 6.05. The molecule has 11 heavy (non-hydrogen) atoms. The third-order valence-corrected chi connectivity index (χ3v) is 2.96. The van der Waals surface area contributed by atoms with Crippen molar-refractivity contribution in [1.29, 1.82) is 0 Å². The fraction of sp³-hybridized carbons (Fsp3) is 1.00. The highest BCUT2D eigenvalue weighted by molar-refractivity contribution is 4.94. The monoisotopic (exact) mass is 154 g/mol. The van der Waals surface area contributed by atoms with E-state index in [0.29, 0.717) is 0 Å². The maximum Gasteiger partial charge on any atom is 0.0280 e. The Bertz CT molecular complexity index is 136. The van der Waals surface area contributed by atoms with Gasteiger partial charge in [-0.3, -0.25) is 0 Å². The molecule has 0 unspecified atom stereocenters. The van der Waals surface area contributed by atoms with Gasteiger partial charge in [0.25, 0.3) is 0 Å². The molecule has 0 saturated heterocycles. The average Bonchev–Trinajstić information content (AvgIpc) is 2.68. The van der Waals surface area contributed by atoms with E-state index >= 15 is 0 Å². The summed E-state index contributed by atoms with van der Waals surface area (Å²) in [7, 11) is 0. The lowest BCUT2D eigenvalue weighted by Gasteiger charge is -2.38. The number of hydrogen-bond donors (Lipinski definition) is 2. The molecule has 0 bridgehead atoms. The van der Waals surface area contributed by atoms with Crippen LogP contribution in [0.5, 0.6) is 0 Å². The molecule has 0 spiro atoms. The second-order valence-corrected chi connectivity index (χ2v) is 4.29. The molecule has 0 aliphatic heterocycles. The largest absolute Gasteiger partial charge is 0.324 e. The van der Waals surface area contributed by atoms with Crippen molar-refractivity contribution in [2.75, 3.05) is 13.1 Å². The molecule has 2 saturated carbocycles. The number of nitrogens with two attached hydrogens (primary N) is 1. The van der Waals surface area contributed by atoms with E-state index in [2.05, 4.69) is 5.32 Å². The summed E-state index contributed by atoms with van der Waals surface area (Å²) in [5.41, 5.74) is 6.22. The summed E-state index contributed by atoms with van der Waals surface area (Å²) >= 11 is 0. The molecule has 3 N–H and O–H groups in total. The zero-order valence-electron chi connectivity index (χ0n) is 7.10. The molecule has 0 aromatic carbocycles. The molecule has 2 heteroatoms. The van der Waals surface area contributed by atoms with E-state index in [1.54, 1.807) is 0 Å². The zero-order chi connectivity index (χ0) is 7.73. The first-order valence-corrected chi connectivity index (χ1v) is 4.78. The molecule has 2 fully saturated rings. The minimum Gasteiger partial charge on any atom is -0.324 e. The first-order chi connectivity index (χ1) is 5.29. The Morgan fingerprint density at radius 1 is 1.36 bits per heavy atom. The molecule has 2 rings (SSSR count). The van der Waals surface area contributed by atoms with E-state index in [4.69, 9.17) is 5.73 Å². The standard InChI is InChI=1S/C9H18N2/c10-9(4-1-5-9)7-11-6-8-2-3-8/h8,11H,1-7,10H2. The molecule has 2 nitrogen and oxygen atoms in total. The van der Waals surface area contributed by atoms with Gasteiger partial charge in [0.15, 0.2) is 0 Å². The van der Waals surface area contributed by atoms with Crippen molar-refractivity contribution in [3.63, 3.8) is 0 Å². The van der Waals surface area contributed by atoms with Gasteiger partial charge in [0.05, 0.1) is 0 Å². The van der Waals surface area contributed by atoms with Crippen LogP contribution in [0.1, 0.15) is 32.1 Å². The highest BCUT2D eigenvalue weighted by atomic mass is 14.9. The van der Waals surface area contributed by atoms with Crippen LogP contribution in [0.15, 0.2) is 0 Å². The molecule has 0 amide bonds. The molecule has 0 heterocycles. The van der Waals surface area contributed by atoms with E-state index in [0.717, 1.165) is 12.5 Å². The third-order valence-electron chi connectivity index (χ3n) is 2.96. The second-order valence-electron chi connectivity index (χ2n) is 4.29. The Morgan fingerprint density at radius 3 is 2.55 bits per heavy atom. The lowest BCUT2D eigenvalue weighted by Crippen LogP contribution is -2.54. The van der Waals surface area contributed by atoms with Crippen LogP contribution in [-0.2, 0) is 0 Å². The van der Waals surface area contributed by atoms with E-state index in [1.165, 1.54) is 38.6 Å². The molecular formula is C9H18N2. The van der Waals surface area contributed by atoms with Crippen LogP contribution in [0.2, 0.25) is 0 Å². The fourth-order valence-electron chi connectivity index (χ4n) is 1.65. The van der Waals surface area contributed by atoms with E-state index in [1.807, 2.05) is 0 Å². The van der Waals surface area contributed by atoms with Crippen molar-refractivity contribution < 1.29 is 0 Å². The summed E-state index contributed by atoms with van der Waals surface area (Å²) in [6.07, 6.45) is 6.66. The van der Waals surface area contributed by atoms with Crippen LogP contribution < -0.4 is 11.1 Å². The quantitative estimate of drug-likeness (QED) is 0.630. The van der Waals surface area contributed by atoms with Gasteiger partial charge < -0.3 is 11.1 Å². The zero-order valence-corrected chi connectivity index (χ0v) is 7.10. The van der Waals surface area contributed by atoms with Crippen LogP contribution in [0.4, 0.5) is 0 Å². The van der Waals surface area contributed by atoms with Crippen LogP contribution in [0.25, 0.3) is 0 Å².